The minimum absolute atomic E-state index is 0.0955. The number of rotatable bonds is 10. The van der Waals surface area contributed by atoms with E-state index in [-0.39, 0.29) is 29.7 Å². The highest BCUT2D eigenvalue weighted by atomic mass is 16.5. The Morgan fingerprint density at radius 2 is 1.79 bits per heavy atom. The van der Waals surface area contributed by atoms with Crippen molar-refractivity contribution >= 4 is 11.6 Å². The average Bonchev–Trinajstić information content (AvgIpc) is 3.65. The predicted octanol–water partition coefficient (Wildman–Crippen LogP) is 3.47. The number of nitrogens with one attached hydrogen (secondary N) is 1. The Labute approximate surface area is 250 Å². The number of hydrogen-bond acceptors (Lipinski definition) is 6. The summed E-state index contributed by atoms with van der Waals surface area (Å²) in [5.41, 5.74) is 6.24. The molecule has 0 radical (unpaired) electrons. The first kappa shape index (κ1) is 28.4. The predicted molar refractivity (Wildman–Crippen MR) is 165 cm³/mol. The summed E-state index contributed by atoms with van der Waals surface area (Å²) in [5.74, 6) is 0.452. The van der Waals surface area contributed by atoms with Crippen LogP contribution >= 0.6 is 0 Å². The highest BCUT2D eigenvalue weighted by molar-refractivity contribution is 5.93. The monoisotopic (exact) mass is 577 g/mol. The van der Waals surface area contributed by atoms with Gasteiger partial charge in [0.05, 0.1) is 13.2 Å². The van der Waals surface area contributed by atoms with Crippen LogP contribution in [0.3, 0.4) is 0 Å². The lowest BCUT2D eigenvalue weighted by Crippen LogP contribution is -2.44. The summed E-state index contributed by atoms with van der Waals surface area (Å²) in [6.07, 6.45) is 6.31. The van der Waals surface area contributed by atoms with E-state index in [1.165, 1.54) is 15.7 Å². The fourth-order valence-corrected chi connectivity index (χ4v) is 5.74. The van der Waals surface area contributed by atoms with Crippen LogP contribution in [-0.4, -0.2) is 62.2 Å². The van der Waals surface area contributed by atoms with Crippen molar-refractivity contribution in [2.45, 2.75) is 31.5 Å². The van der Waals surface area contributed by atoms with E-state index in [1.54, 1.807) is 37.0 Å². The Morgan fingerprint density at radius 3 is 2.49 bits per heavy atom. The first-order valence-corrected chi connectivity index (χ1v) is 14.4. The summed E-state index contributed by atoms with van der Waals surface area (Å²) in [4.78, 5) is 31.9. The van der Waals surface area contributed by atoms with E-state index >= 15 is 0 Å². The molecule has 0 aliphatic heterocycles. The quantitative estimate of drug-likeness (QED) is 0.264. The van der Waals surface area contributed by atoms with Gasteiger partial charge in [-0.3, -0.25) is 14.5 Å². The molecule has 0 fully saturated rings. The summed E-state index contributed by atoms with van der Waals surface area (Å²) in [5, 5.41) is 13.9. The maximum atomic E-state index is 13.0. The van der Waals surface area contributed by atoms with Crippen LogP contribution in [-0.2, 0) is 26.4 Å². The zero-order chi connectivity index (χ0) is 29.9. The van der Waals surface area contributed by atoms with E-state index < -0.39 is 6.10 Å². The molecule has 0 saturated carbocycles. The zero-order valence-electron chi connectivity index (χ0n) is 24.3. The lowest BCUT2D eigenvalue weighted by molar-refractivity contribution is 0.0748. The molecular formula is C34H35N5O4. The minimum atomic E-state index is -0.768. The molecule has 2 aromatic carbocycles. The smallest absolute Gasteiger partial charge is 0.271 e. The molecule has 220 valence electrons. The third-order valence-corrected chi connectivity index (χ3v) is 8.16. The van der Waals surface area contributed by atoms with Crippen LogP contribution < -0.4 is 15.6 Å². The van der Waals surface area contributed by atoms with Gasteiger partial charge in [-0.05, 0) is 71.0 Å². The second kappa shape index (κ2) is 12.2. The van der Waals surface area contributed by atoms with Gasteiger partial charge in [0.25, 0.3) is 11.5 Å². The SMILES string of the molecule is COc1ccc(CN(CC(O)CNC(=O)c2cn3cc(-c4ccn(C)c(=O)c4)ccc3n2)C2Cc3ccccc3C2)cc1. The Morgan fingerprint density at radius 1 is 1.05 bits per heavy atom. The van der Waals surface area contributed by atoms with Gasteiger partial charge in [0.2, 0.25) is 0 Å². The molecule has 1 amide bonds. The molecule has 3 aromatic heterocycles. The van der Waals surface area contributed by atoms with E-state index in [9.17, 15) is 14.7 Å². The number of aliphatic hydroxyl groups excluding tert-OH is 1. The largest absolute Gasteiger partial charge is 0.497 e. The fourth-order valence-electron chi connectivity index (χ4n) is 5.74. The highest BCUT2D eigenvalue weighted by Crippen LogP contribution is 2.27. The number of amides is 1. The van der Waals surface area contributed by atoms with E-state index in [4.69, 9.17) is 4.74 Å². The van der Waals surface area contributed by atoms with Crippen LogP contribution in [0.15, 0.2) is 96.2 Å². The van der Waals surface area contributed by atoms with Gasteiger partial charge in [0.15, 0.2) is 0 Å². The molecule has 0 bridgehead atoms. The van der Waals surface area contributed by atoms with Gasteiger partial charge in [-0.1, -0.05) is 36.4 Å². The number of ether oxygens (including phenoxy) is 1. The maximum Gasteiger partial charge on any atom is 0.271 e. The molecule has 5 aromatic rings. The van der Waals surface area contributed by atoms with Gasteiger partial charge in [-0.2, -0.15) is 0 Å². The van der Waals surface area contributed by atoms with Crippen LogP contribution in [0.4, 0.5) is 0 Å². The minimum Gasteiger partial charge on any atom is -0.497 e. The number of aliphatic hydroxyl groups is 1. The van der Waals surface area contributed by atoms with Crippen molar-refractivity contribution in [3.8, 4) is 16.9 Å². The number of imidazole rings is 1. The molecule has 1 aliphatic rings. The Balaban J connectivity index is 1.12. The zero-order valence-corrected chi connectivity index (χ0v) is 24.3. The molecule has 2 N–H and O–H groups in total. The molecule has 1 unspecified atom stereocenters. The van der Waals surface area contributed by atoms with Gasteiger partial charge >= 0.3 is 0 Å². The summed E-state index contributed by atoms with van der Waals surface area (Å²) < 4.78 is 8.60. The summed E-state index contributed by atoms with van der Waals surface area (Å²) in [6.45, 7) is 1.19. The second-order valence-corrected chi connectivity index (χ2v) is 11.1. The highest BCUT2D eigenvalue weighted by Gasteiger charge is 2.28. The molecule has 9 nitrogen and oxygen atoms in total. The van der Waals surface area contributed by atoms with Crippen LogP contribution in [0.1, 0.15) is 27.2 Å². The van der Waals surface area contributed by atoms with Crippen molar-refractivity contribution in [2.24, 2.45) is 7.05 Å². The second-order valence-electron chi connectivity index (χ2n) is 11.1. The fraction of sp³-hybridized carbons (Fsp3) is 0.265. The van der Waals surface area contributed by atoms with Crippen molar-refractivity contribution < 1.29 is 14.6 Å². The van der Waals surface area contributed by atoms with Crippen LogP contribution in [0, 0.1) is 0 Å². The lowest BCUT2D eigenvalue weighted by Gasteiger charge is -2.31. The van der Waals surface area contributed by atoms with Crippen molar-refractivity contribution in [3.05, 3.63) is 124 Å². The van der Waals surface area contributed by atoms with Crippen molar-refractivity contribution in [1.29, 1.82) is 0 Å². The molecule has 3 heterocycles. The number of carbonyl (C=O) groups is 1. The van der Waals surface area contributed by atoms with Gasteiger partial charge in [0.1, 0.15) is 17.1 Å². The number of fused-ring (bicyclic) bond motifs is 2. The number of methoxy groups -OCH3 is 1. The van der Waals surface area contributed by atoms with Crippen molar-refractivity contribution in [1.82, 2.24) is 24.2 Å². The van der Waals surface area contributed by atoms with Gasteiger partial charge in [0, 0.05) is 57.4 Å². The third kappa shape index (κ3) is 6.38. The number of nitrogens with zero attached hydrogens (tertiary/aromatic N) is 4. The molecular weight excluding hydrogens is 542 g/mol. The first-order chi connectivity index (χ1) is 20.9. The van der Waals surface area contributed by atoms with Crippen LogP contribution in [0.25, 0.3) is 16.8 Å². The molecule has 1 atom stereocenters. The van der Waals surface area contributed by atoms with Gasteiger partial charge < -0.3 is 24.1 Å². The third-order valence-electron chi connectivity index (χ3n) is 8.16. The molecule has 43 heavy (non-hydrogen) atoms. The normalized spacial score (nSPS) is 13.8. The van der Waals surface area contributed by atoms with E-state index in [1.807, 2.05) is 48.7 Å². The number of aryl methyl sites for hydroxylation is 1. The topological polar surface area (TPSA) is 101 Å². The average molecular weight is 578 g/mol. The Hall–Kier alpha value is -4.73. The van der Waals surface area contributed by atoms with E-state index in [0.717, 1.165) is 35.3 Å². The molecule has 6 rings (SSSR count). The number of aromatic nitrogens is 3. The number of carbonyl (C=O) groups excluding carboxylic acids is 1. The lowest BCUT2D eigenvalue weighted by atomic mass is 10.1. The van der Waals surface area contributed by atoms with Crippen LogP contribution in [0.2, 0.25) is 0 Å². The van der Waals surface area contributed by atoms with Gasteiger partial charge in [-0.15, -0.1) is 0 Å². The van der Waals surface area contributed by atoms with Gasteiger partial charge in [-0.25, -0.2) is 4.98 Å². The summed E-state index contributed by atoms with van der Waals surface area (Å²) in [7, 11) is 3.36. The number of pyridine rings is 2. The van der Waals surface area contributed by atoms with E-state index in [2.05, 4.69) is 39.5 Å². The van der Waals surface area contributed by atoms with E-state index in [0.29, 0.717) is 18.7 Å². The molecule has 0 spiro atoms. The maximum absolute atomic E-state index is 13.0. The summed E-state index contributed by atoms with van der Waals surface area (Å²) >= 11 is 0. The Kier molecular flexibility index (Phi) is 8.09. The number of hydrogen-bond donors (Lipinski definition) is 2. The number of benzene rings is 2. The summed E-state index contributed by atoms with van der Waals surface area (Å²) in [6, 6.07) is 23.9. The molecule has 0 saturated heterocycles. The molecule has 9 heteroatoms. The first-order valence-electron chi connectivity index (χ1n) is 14.4. The van der Waals surface area contributed by atoms with Crippen molar-refractivity contribution in [2.75, 3.05) is 20.2 Å². The standard InChI is InChI=1S/C34H35N5O4/c1-37-14-13-26(17-33(37)41)27-9-12-32-36-31(22-39(32)20-27)34(42)35-18-29(40)21-38(19-23-7-10-30(43-2)11-8-23)28-15-24-5-3-4-6-25(24)16-28/h3-14,17,20,22,28-29,40H,15-16,18-19,21H2,1-2H3,(H,35,42). The molecule has 1 aliphatic carbocycles. The van der Waals surface area contributed by atoms with Crippen molar-refractivity contribution in [3.63, 3.8) is 0 Å². The van der Waals surface area contributed by atoms with Crippen LogP contribution in [0.5, 0.6) is 5.75 Å². The Bertz CT molecular complexity index is 1790.